The van der Waals surface area contributed by atoms with E-state index >= 15 is 0 Å². The van der Waals surface area contributed by atoms with E-state index in [1.807, 2.05) is 30.3 Å². The molecule has 104 valence electrons. The Kier molecular flexibility index (Phi) is 4.67. The van der Waals surface area contributed by atoms with Crippen molar-refractivity contribution >= 4 is 11.9 Å². The van der Waals surface area contributed by atoms with Crippen LogP contribution in [0, 0.1) is 5.41 Å². The number of amides is 1. The Morgan fingerprint density at radius 3 is 2.26 bits per heavy atom. The molecule has 1 unspecified atom stereocenters. The van der Waals surface area contributed by atoms with E-state index in [1.165, 1.54) is 6.92 Å². The summed E-state index contributed by atoms with van der Waals surface area (Å²) in [6, 6.07) is 7.83. The lowest BCUT2D eigenvalue weighted by molar-refractivity contribution is -0.143. The zero-order chi connectivity index (χ0) is 14.6. The third kappa shape index (κ3) is 3.54. The largest absolute Gasteiger partial charge is 0.480 e. The third-order valence-electron chi connectivity index (χ3n) is 3.24. The van der Waals surface area contributed by atoms with Crippen molar-refractivity contribution < 1.29 is 14.7 Å². The molecule has 0 aromatic heterocycles. The highest BCUT2D eigenvalue weighted by Crippen LogP contribution is 2.31. The predicted octanol–water partition coefficient (Wildman–Crippen LogP) is 1.30. The van der Waals surface area contributed by atoms with Crippen molar-refractivity contribution in [1.29, 1.82) is 0 Å². The molecule has 0 spiro atoms. The minimum absolute atomic E-state index is 0.376. The number of nitrogens with two attached hydrogens (primary N) is 1. The summed E-state index contributed by atoms with van der Waals surface area (Å²) in [6.45, 7) is 4.83. The van der Waals surface area contributed by atoms with E-state index in [1.54, 1.807) is 13.8 Å². The topological polar surface area (TPSA) is 92.4 Å². The van der Waals surface area contributed by atoms with Crippen LogP contribution in [0.4, 0.5) is 0 Å². The van der Waals surface area contributed by atoms with Crippen LogP contribution in [0.15, 0.2) is 30.3 Å². The lowest BCUT2D eigenvalue weighted by Gasteiger charge is -2.31. The van der Waals surface area contributed by atoms with Gasteiger partial charge in [-0.2, -0.15) is 0 Å². The first-order valence-electron chi connectivity index (χ1n) is 6.11. The van der Waals surface area contributed by atoms with Crippen molar-refractivity contribution in [3.63, 3.8) is 0 Å². The molecule has 0 radical (unpaired) electrons. The van der Waals surface area contributed by atoms with Crippen molar-refractivity contribution in [2.24, 2.45) is 11.1 Å². The van der Waals surface area contributed by atoms with E-state index in [-0.39, 0.29) is 5.91 Å². The van der Waals surface area contributed by atoms with E-state index in [0.29, 0.717) is 0 Å². The molecule has 4 N–H and O–H groups in total. The molecule has 5 nitrogen and oxygen atoms in total. The van der Waals surface area contributed by atoms with Crippen LogP contribution in [0.1, 0.15) is 32.4 Å². The summed E-state index contributed by atoms with van der Waals surface area (Å²) in [5, 5.41) is 11.3. The average Bonchev–Trinajstić information content (AvgIpc) is 2.38. The first-order chi connectivity index (χ1) is 8.76. The number of rotatable bonds is 5. The van der Waals surface area contributed by atoms with E-state index in [0.717, 1.165) is 5.56 Å². The fourth-order valence-electron chi connectivity index (χ4n) is 1.66. The van der Waals surface area contributed by atoms with Crippen LogP contribution >= 0.6 is 0 Å². The van der Waals surface area contributed by atoms with Crippen LogP contribution < -0.4 is 11.1 Å². The first kappa shape index (κ1) is 15.2. The number of hydrogen-bond donors (Lipinski definition) is 3. The molecular formula is C14H20N2O3. The second-order valence-corrected chi connectivity index (χ2v) is 5.14. The molecule has 1 amide bonds. The molecule has 0 aliphatic heterocycles. The van der Waals surface area contributed by atoms with Gasteiger partial charge in [0.25, 0.3) is 0 Å². The van der Waals surface area contributed by atoms with Crippen molar-refractivity contribution in [2.75, 3.05) is 0 Å². The standard InChI is InChI=1S/C14H20N2O3/c1-9(12(17)18)16-13(19)14(2,3)11(15)10-7-5-4-6-8-10/h4-9,11H,15H2,1-3H3,(H,16,19)(H,17,18)/t9-,11?/m1/s1. The van der Waals surface area contributed by atoms with Crippen LogP contribution in [-0.2, 0) is 9.59 Å². The highest BCUT2D eigenvalue weighted by Gasteiger charge is 2.36. The van der Waals surface area contributed by atoms with Crippen molar-refractivity contribution in [2.45, 2.75) is 32.9 Å². The monoisotopic (exact) mass is 264 g/mol. The number of carboxylic acids is 1. The lowest BCUT2D eigenvalue weighted by atomic mass is 9.80. The number of benzene rings is 1. The molecule has 19 heavy (non-hydrogen) atoms. The molecule has 0 aliphatic rings. The Morgan fingerprint density at radius 2 is 1.79 bits per heavy atom. The van der Waals surface area contributed by atoms with Gasteiger partial charge in [-0.3, -0.25) is 9.59 Å². The molecular weight excluding hydrogens is 244 g/mol. The highest BCUT2D eigenvalue weighted by atomic mass is 16.4. The number of aliphatic carboxylic acids is 1. The summed E-state index contributed by atoms with van der Waals surface area (Å²) in [5.41, 5.74) is 6.06. The highest BCUT2D eigenvalue weighted by molar-refractivity contribution is 5.87. The van der Waals surface area contributed by atoms with Crippen molar-refractivity contribution in [3.05, 3.63) is 35.9 Å². The molecule has 0 bridgehead atoms. The Bertz CT molecular complexity index is 457. The number of carbonyl (C=O) groups is 2. The normalized spacial score (nSPS) is 14.5. The maximum absolute atomic E-state index is 12.1. The van der Waals surface area contributed by atoms with Crippen LogP contribution in [0.3, 0.4) is 0 Å². The molecule has 0 aliphatic carbocycles. The van der Waals surface area contributed by atoms with Crippen LogP contribution in [0.2, 0.25) is 0 Å². The van der Waals surface area contributed by atoms with Gasteiger partial charge in [0.1, 0.15) is 6.04 Å². The smallest absolute Gasteiger partial charge is 0.325 e. The second kappa shape index (κ2) is 5.84. The minimum atomic E-state index is -1.07. The summed E-state index contributed by atoms with van der Waals surface area (Å²) in [4.78, 5) is 22.9. The van der Waals surface area contributed by atoms with Crippen molar-refractivity contribution in [3.8, 4) is 0 Å². The summed E-state index contributed by atoms with van der Waals surface area (Å²) in [6.07, 6.45) is 0. The number of nitrogens with one attached hydrogen (secondary N) is 1. The molecule has 0 heterocycles. The van der Waals surface area contributed by atoms with Gasteiger partial charge in [-0.25, -0.2) is 0 Å². The zero-order valence-corrected chi connectivity index (χ0v) is 11.4. The second-order valence-electron chi connectivity index (χ2n) is 5.14. The van der Waals surface area contributed by atoms with Crippen molar-refractivity contribution in [1.82, 2.24) is 5.32 Å². The molecule has 0 saturated carbocycles. The summed E-state index contributed by atoms with van der Waals surface area (Å²) >= 11 is 0. The van der Waals surface area contributed by atoms with Gasteiger partial charge < -0.3 is 16.2 Å². The van der Waals surface area contributed by atoms with Gasteiger partial charge in [-0.1, -0.05) is 30.3 Å². The van der Waals surface area contributed by atoms with Crippen LogP contribution in [0.5, 0.6) is 0 Å². The number of carbonyl (C=O) groups excluding carboxylic acids is 1. The van der Waals surface area contributed by atoms with E-state index in [9.17, 15) is 9.59 Å². The summed E-state index contributed by atoms with van der Waals surface area (Å²) in [7, 11) is 0. The Morgan fingerprint density at radius 1 is 1.26 bits per heavy atom. The maximum Gasteiger partial charge on any atom is 0.325 e. The molecule has 5 heteroatoms. The fraction of sp³-hybridized carbons (Fsp3) is 0.429. The van der Waals surface area contributed by atoms with Gasteiger partial charge in [0.2, 0.25) is 5.91 Å². The van der Waals surface area contributed by atoms with Gasteiger partial charge in [-0.15, -0.1) is 0 Å². The summed E-state index contributed by atoms with van der Waals surface area (Å²) in [5.74, 6) is -1.45. The Hall–Kier alpha value is -1.88. The first-order valence-corrected chi connectivity index (χ1v) is 6.11. The van der Waals surface area contributed by atoms with Gasteiger partial charge in [0.05, 0.1) is 5.41 Å². The number of hydrogen-bond acceptors (Lipinski definition) is 3. The van der Waals surface area contributed by atoms with Gasteiger partial charge in [0.15, 0.2) is 0 Å². The van der Waals surface area contributed by atoms with Gasteiger partial charge in [0, 0.05) is 6.04 Å². The molecule has 1 aromatic carbocycles. The minimum Gasteiger partial charge on any atom is -0.480 e. The third-order valence-corrected chi connectivity index (χ3v) is 3.24. The molecule has 1 aromatic rings. The molecule has 0 saturated heterocycles. The fourth-order valence-corrected chi connectivity index (χ4v) is 1.66. The van der Waals surface area contributed by atoms with E-state index in [4.69, 9.17) is 10.8 Å². The quantitative estimate of drug-likeness (QED) is 0.747. The molecule has 1 rings (SSSR count). The zero-order valence-electron chi connectivity index (χ0n) is 11.4. The Balaban J connectivity index is 2.85. The Labute approximate surface area is 112 Å². The predicted molar refractivity (Wildman–Crippen MR) is 72.4 cm³/mol. The summed E-state index contributed by atoms with van der Waals surface area (Å²) < 4.78 is 0. The van der Waals surface area contributed by atoms with Gasteiger partial charge in [-0.05, 0) is 26.3 Å². The van der Waals surface area contributed by atoms with E-state index < -0.39 is 23.5 Å². The van der Waals surface area contributed by atoms with E-state index in [2.05, 4.69) is 5.32 Å². The SMILES string of the molecule is C[C@@H](NC(=O)C(C)(C)C(N)c1ccccc1)C(=O)O. The number of carboxylic acid groups (broad SMARTS) is 1. The molecule has 2 atom stereocenters. The van der Waals surface area contributed by atoms with Crippen LogP contribution in [0.25, 0.3) is 0 Å². The maximum atomic E-state index is 12.1. The lowest BCUT2D eigenvalue weighted by Crippen LogP contribution is -2.49. The van der Waals surface area contributed by atoms with Gasteiger partial charge >= 0.3 is 5.97 Å². The molecule has 0 fully saturated rings. The van der Waals surface area contributed by atoms with Crippen LogP contribution in [-0.4, -0.2) is 23.0 Å². The average molecular weight is 264 g/mol.